The van der Waals surface area contributed by atoms with Crippen LogP contribution in [0.3, 0.4) is 0 Å². The lowest BCUT2D eigenvalue weighted by Crippen LogP contribution is -2.61. The molecule has 15 heteroatoms. The number of fused-ring (bicyclic) bond motifs is 3. The Balaban J connectivity index is 1.30. The highest BCUT2D eigenvalue weighted by Crippen LogP contribution is 2.45. The highest BCUT2D eigenvalue weighted by molar-refractivity contribution is 7.91. The van der Waals surface area contributed by atoms with Gasteiger partial charge in [-0.25, -0.2) is 18.0 Å². The summed E-state index contributed by atoms with van der Waals surface area (Å²) in [5, 5.41) is 5.10. The third-order valence-corrected chi connectivity index (χ3v) is 13.1. The first kappa shape index (κ1) is 38.6. The van der Waals surface area contributed by atoms with Gasteiger partial charge < -0.3 is 25.2 Å². The topological polar surface area (TPSA) is 175 Å². The molecule has 6 amide bonds. The van der Waals surface area contributed by atoms with E-state index in [9.17, 15) is 32.4 Å². The van der Waals surface area contributed by atoms with E-state index in [1.54, 1.807) is 9.80 Å². The van der Waals surface area contributed by atoms with Crippen molar-refractivity contribution in [3.8, 4) is 0 Å². The Labute approximate surface area is 312 Å². The van der Waals surface area contributed by atoms with E-state index in [0.29, 0.717) is 32.5 Å². The van der Waals surface area contributed by atoms with E-state index >= 15 is 0 Å². The minimum atomic E-state index is -3.90. The fourth-order valence-corrected chi connectivity index (χ4v) is 9.22. The van der Waals surface area contributed by atoms with Gasteiger partial charge in [-0.2, -0.15) is 0 Å². The van der Waals surface area contributed by atoms with Crippen LogP contribution < -0.4 is 15.4 Å². The molecule has 3 fully saturated rings. The average Bonchev–Trinajstić information content (AvgIpc) is 3.97. The Kier molecular flexibility index (Phi) is 10.6. The van der Waals surface area contributed by atoms with Crippen molar-refractivity contribution in [2.45, 2.75) is 134 Å². The predicted molar refractivity (Wildman–Crippen MR) is 197 cm³/mol. The summed E-state index contributed by atoms with van der Waals surface area (Å²) in [6.45, 7) is 14.3. The maximum Gasteiger partial charge on any atom is 0.410 e. The van der Waals surface area contributed by atoms with E-state index in [0.717, 1.165) is 36.8 Å². The van der Waals surface area contributed by atoms with E-state index in [1.807, 2.05) is 46.8 Å². The van der Waals surface area contributed by atoms with Crippen LogP contribution >= 0.6 is 0 Å². The minimum absolute atomic E-state index is 0.0604. The molecular formula is C38H54N6O8S. The molecule has 14 nitrogen and oxygen atoms in total. The maximum absolute atomic E-state index is 14.6. The summed E-state index contributed by atoms with van der Waals surface area (Å²) < 4.78 is 33.6. The van der Waals surface area contributed by atoms with Gasteiger partial charge in [0.2, 0.25) is 21.8 Å². The van der Waals surface area contributed by atoms with Gasteiger partial charge in [-0.3, -0.25) is 24.0 Å². The average molecular weight is 755 g/mol. The van der Waals surface area contributed by atoms with Crippen LogP contribution in [0, 0.1) is 11.3 Å². The molecule has 2 aliphatic carbocycles. The lowest BCUT2D eigenvalue weighted by molar-refractivity contribution is -0.142. The molecule has 290 valence electrons. The number of urea groups is 1. The number of ether oxygens (including phenoxy) is 1. The number of aryl methyl sites for hydroxylation is 1. The second-order valence-corrected chi connectivity index (χ2v) is 18.6. The SMILES string of the molecule is C=C[C@H]1C[C@]1(NC(=O)[C@@H]1C[C@@H]2CN1C(=O)[C@H](C(C)(C)C)NC(=O)N(C(C)C)CCCCCc1cccc3c1CN(C3)C(=O)O2)C(=O)NS(=O)(=O)C1CC1. The zero-order valence-electron chi connectivity index (χ0n) is 31.5. The number of carbonyl (C=O) groups excluding carboxylic acids is 5. The molecule has 5 aliphatic rings. The van der Waals surface area contributed by atoms with Crippen LogP contribution in [0.1, 0.15) is 96.3 Å². The van der Waals surface area contributed by atoms with Gasteiger partial charge in [0.15, 0.2) is 0 Å². The quantitative estimate of drug-likeness (QED) is 0.356. The van der Waals surface area contributed by atoms with Crippen molar-refractivity contribution in [3.63, 3.8) is 0 Å². The van der Waals surface area contributed by atoms with Gasteiger partial charge in [-0.05, 0) is 74.5 Å². The molecule has 5 atom stereocenters. The first-order chi connectivity index (χ1) is 24.9. The van der Waals surface area contributed by atoms with E-state index in [2.05, 4.69) is 28.0 Å². The molecule has 0 spiro atoms. The van der Waals surface area contributed by atoms with Gasteiger partial charge in [0.1, 0.15) is 23.7 Å². The van der Waals surface area contributed by atoms with Crippen molar-refractivity contribution in [1.29, 1.82) is 0 Å². The molecule has 1 aromatic carbocycles. The van der Waals surface area contributed by atoms with Crippen molar-refractivity contribution in [1.82, 2.24) is 30.1 Å². The minimum Gasteiger partial charge on any atom is -0.444 e. The molecule has 3 aliphatic heterocycles. The highest BCUT2D eigenvalue weighted by Gasteiger charge is 2.62. The van der Waals surface area contributed by atoms with Gasteiger partial charge >= 0.3 is 12.1 Å². The van der Waals surface area contributed by atoms with E-state index in [1.165, 1.54) is 16.5 Å². The van der Waals surface area contributed by atoms with Gasteiger partial charge in [0.25, 0.3) is 5.91 Å². The molecule has 3 N–H and O–H groups in total. The number of hydrogen-bond acceptors (Lipinski definition) is 8. The number of carbonyl (C=O) groups is 5. The molecule has 0 aromatic heterocycles. The Morgan fingerprint density at radius 2 is 1.79 bits per heavy atom. The third kappa shape index (κ3) is 8.04. The lowest BCUT2D eigenvalue weighted by atomic mass is 9.85. The molecule has 1 saturated heterocycles. The summed E-state index contributed by atoms with van der Waals surface area (Å²) >= 11 is 0. The summed E-state index contributed by atoms with van der Waals surface area (Å²) in [5.74, 6) is -2.60. The van der Waals surface area contributed by atoms with Gasteiger partial charge in [0, 0.05) is 38.0 Å². The maximum atomic E-state index is 14.6. The molecule has 4 bridgehead atoms. The lowest BCUT2D eigenvalue weighted by Gasteiger charge is -2.37. The summed E-state index contributed by atoms with van der Waals surface area (Å²) in [6.07, 6.45) is 4.47. The fourth-order valence-electron chi connectivity index (χ4n) is 7.86. The predicted octanol–water partition coefficient (Wildman–Crippen LogP) is 3.34. The van der Waals surface area contributed by atoms with Crippen LogP contribution in [0.2, 0.25) is 0 Å². The molecule has 3 heterocycles. The first-order valence-corrected chi connectivity index (χ1v) is 20.4. The Hall–Kier alpha value is -4.14. The Bertz CT molecular complexity index is 1770. The number of sulfonamides is 1. The standard InChI is InChI=1S/C38H54N6O8S/c1-7-26-19-38(26,34(47)41-53(50,51)28-15-16-28)40-32(45)30-18-27-21-44(30)33(46)31(37(4,5)6)39-35(48)43(23(2)3)17-10-8-9-12-24-13-11-14-25-20-42(22-29(24)25)36(49)52-27/h7,11,13-14,23,26-28,30-31H,1,8-10,12,15-22H2,2-6H3,(H,39,48)(H,40,45)(H,41,47)/t26-,27+,30-,31+,38+/m0/s1. The largest absolute Gasteiger partial charge is 0.444 e. The number of amides is 6. The smallest absolute Gasteiger partial charge is 0.410 e. The molecule has 0 radical (unpaired) electrons. The Morgan fingerprint density at radius 1 is 1.08 bits per heavy atom. The number of benzene rings is 1. The van der Waals surface area contributed by atoms with Crippen molar-refractivity contribution >= 4 is 39.9 Å². The number of nitrogens with zero attached hydrogens (tertiary/aromatic N) is 3. The summed E-state index contributed by atoms with van der Waals surface area (Å²) in [6, 6.07) is 3.32. The van der Waals surface area contributed by atoms with E-state index in [-0.39, 0.29) is 25.4 Å². The zero-order valence-corrected chi connectivity index (χ0v) is 32.3. The van der Waals surface area contributed by atoms with Crippen molar-refractivity contribution in [3.05, 3.63) is 47.5 Å². The van der Waals surface area contributed by atoms with Crippen LogP contribution in [0.4, 0.5) is 9.59 Å². The fraction of sp³-hybridized carbons (Fsp3) is 0.658. The summed E-state index contributed by atoms with van der Waals surface area (Å²) in [5.41, 5.74) is 0.984. The van der Waals surface area contributed by atoms with Crippen molar-refractivity contribution in [2.24, 2.45) is 11.3 Å². The molecule has 0 unspecified atom stereocenters. The van der Waals surface area contributed by atoms with Crippen LogP contribution in [-0.2, 0) is 48.7 Å². The highest BCUT2D eigenvalue weighted by atomic mass is 32.2. The number of hydrogen-bond donors (Lipinski definition) is 3. The van der Waals surface area contributed by atoms with Crippen LogP contribution in [0.25, 0.3) is 0 Å². The number of rotatable bonds is 7. The molecular weight excluding hydrogens is 701 g/mol. The van der Waals surface area contributed by atoms with Crippen molar-refractivity contribution < 1.29 is 37.1 Å². The monoisotopic (exact) mass is 754 g/mol. The number of nitrogens with one attached hydrogen (secondary N) is 3. The molecule has 2 saturated carbocycles. The molecule has 53 heavy (non-hydrogen) atoms. The second kappa shape index (κ2) is 14.6. The van der Waals surface area contributed by atoms with Crippen LogP contribution in [0.15, 0.2) is 30.9 Å². The van der Waals surface area contributed by atoms with Gasteiger partial charge in [0.05, 0.1) is 11.8 Å². The zero-order chi connectivity index (χ0) is 38.5. The first-order valence-electron chi connectivity index (χ1n) is 18.9. The van der Waals surface area contributed by atoms with E-state index < -0.39 is 80.2 Å². The summed E-state index contributed by atoms with van der Waals surface area (Å²) in [4.78, 5) is 74.6. The van der Waals surface area contributed by atoms with Gasteiger partial charge in [-0.15, -0.1) is 6.58 Å². The van der Waals surface area contributed by atoms with Gasteiger partial charge in [-0.1, -0.05) is 51.5 Å². The van der Waals surface area contributed by atoms with Crippen LogP contribution in [0.5, 0.6) is 0 Å². The molecule has 6 rings (SSSR count). The third-order valence-electron chi connectivity index (χ3n) is 11.3. The van der Waals surface area contributed by atoms with E-state index in [4.69, 9.17) is 4.74 Å². The van der Waals surface area contributed by atoms with Crippen LogP contribution in [-0.4, -0.2) is 101 Å². The van der Waals surface area contributed by atoms with Crippen molar-refractivity contribution in [2.75, 3.05) is 13.1 Å². The Morgan fingerprint density at radius 3 is 2.43 bits per heavy atom. The second-order valence-electron chi connectivity index (χ2n) is 16.7. The normalized spacial score (nSPS) is 28.4. The molecule has 1 aromatic rings. The summed E-state index contributed by atoms with van der Waals surface area (Å²) in [7, 11) is -3.90.